The predicted molar refractivity (Wildman–Crippen MR) is 76.6 cm³/mol. The number of H-pyrrole nitrogens is 1. The van der Waals surface area contributed by atoms with Crippen LogP contribution in [0.15, 0.2) is 10.6 Å². The molecule has 0 aliphatic heterocycles. The maximum atomic E-state index is 12.2. The van der Waals surface area contributed by atoms with Gasteiger partial charge in [0.15, 0.2) is 0 Å². The van der Waals surface area contributed by atoms with Crippen molar-refractivity contribution in [3.05, 3.63) is 40.0 Å². The van der Waals surface area contributed by atoms with Gasteiger partial charge in [0.1, 0.15) is 23.8 Å². The van der Waals surface area contributed by atoms with Gasteiger partial charge in [-0.25, -0.2) is 9.59 Å². The maximum absolute atomic E-state index is 12.2. The van der Waals surface area contributed by atoms with E-state index in [1.54, 1.807) is 33.8 Å². The SMILES string of the molecule is CCOC(=O)c1[nH]c(C)c(C(=O)OCc2cc(C)on2)c1C. The minimum atomic E-state index is -0.526. The van der Waals surface area contributed by atoms with Crippen molar-refractivity contribution in [2.75, 3.05) is 6.61 Å². The third-order valence-corrected chi connectivity index (χ3v) is 3.15. The summed E-state index contributed by atoms with van der Waals surface area (Å²) < 4.78 is 15.1. The topological polar surface area (TPSA) is 94.4 Å². The van der Waals surface area contributed by atoms with E-state index in [4.69, 9.17) is 14.0 Å². The van der Waals surface area contributed by atoms with E-state index in [0.717, 1.165) is 0 Å². The van der Waals surface area contributed by atoms with E-state index in [1.807, 2.05) is 0 Å². The number of nitrogens with zero attached hydrogens (tertiary/aromatic N) is 1. The summed E-state index contributed by atoms with van der Waals surface area (Å²) in [6, 6.07) is 1.69. The Morgan fingerprint density at radius 2 is 1.95 bits per heavy atom. The molecule has 22 heavy (non-hydrogen) atoms. The normalized spacial score (nSPS) is 10.5. The number of hydrogen-bond donors (Lipinski definition) is 1. The molecule has 2 heterocycles. The lowest BCUT2D eigenvalue weighted by Crippen LogP contribution is -2.09. The van der Waals surface area contributed by atoms with Crippen molar-refractivity contribution in [1.82, 2.24) is 10.1 Å². The van der Waals surface area contributed by atoms with E-state index in [1.165, 1.54) is 0 Å². The van der Waals surface area contributed by atoms with Crippen LogP contribution in [0.1, 0.15) is 50.5 Å². The third kappa shape index (κ3) is 3.19. The largest absolute Gasteiger partial charge is 0.461 e. The molecule has 0 aliphatic carbocycles. The number of hydrogen-bond acceptors (Lipinski definition) is 6. The summed E-state index contributed by atoms with van der Waals surface area (Å²) in [6.45, 7) is 7.12. The molecule has 0 amide bonds. The number of aromatic nitrogens is 2. The van der Waals surface area contributed by atoms with Gasteiger partial charge < -0.3 is 19.0 Å². The molecule has 0 aliphatic rings. The predicted octanol–water partition coefficient (Wildman–Crippen LogP) is 2.46. The highest BCUT2D eigenvalue weighted by Gasteiger charge is 2.23. The van der Waals surface area contributed by atoms with Gasteiger partial charge in [-0.15, -0.1) is 0 Å². The van der Waals surface area contributed by atoms with E-state index in [9.17, 15) is 9.59 Å². The monoisotopic (exact) mass is 306 g/mol. The Bertz CT molecular complexity index is 699. The molecule has 0 bridgehead atoms. The molecule has 0 saturated heterocycles. The molecule has 0 fully saturated rings. The molecular weight excluding hydrogens is 288 g/mol. The first-order valence-electron chi connectivity index (χ1n) is 6.89. The zero-order valence-corrected chi connectivity index (χ0v) is 13.0. The summed E-state index contributed by atoms with van der Waals surface area (Å²) in [7, 11) is 0. The second-order valence-electron chi connectivity index (χ2n) is 4.85. The number of carbonyl (C=O) groups excluding carboxylic acids is 2. The molecule has 0 saturated carbocycles. The van der Waals surface area contributed by atoms with E-state index in [2.05, 4.69) is 10.1 Å². The van der Waals surface area contributed by atoms with E-state index in [0.29, 0.717) is 28.3 Å². The first-order valence-corrected chi connectivity index (χ1v) is 6.89. The van der Waals surface area contributed by atoms with Crippen LogP contribution in [0.3, 0.4) is 0 Å². The molecule has 7 heteroatoms. The van der Waals surface area contributed by atoms with Crippen molar-refractivity contribution in [1.29, 1.82) is 0 Å². The average molecular weight is 306 g/mol. The quantitative estimate of drug-likeness (QED) is 0.853. The first kappa shape index (κ1) is 15.8. The number of aromatic amines is 1. The lowest BCUT2D eigenvalue weighted by Gasteiger charge is -2.04. The molecule has 1 N–H and O–H groups in total. The van der Waals surface area contributed by atoms with Crippen molar-refractivity contribution in [3.63, 3.8) is 0 Å². The molecule has 2 aromatic heterocycles. The molecule has 0 atom stereocenters. The molecule has 0 aromatic carbocycles. The lowest BCUT2D eigenvalue weighted by molar-refractivity contribution is 0.0462. The van der Waals surface area contributed by atoms with Gasteiger partial charge in [0.2, 0.25) is 0 Å². The Morgan fingerprint density at radius 3 is 2.55 bits per heavy atom. The fraction of sp³-hybridized carbons (Fsp3) is 0.400. The van der Waals surface area contributed by atoms with Gasteiger partial charge in [-0.2, -0.15) is 0 Å². The molecule has 0 spiro atoms. The Labute approximate surface area is 127 Å². The van der Waals surface area contributed by atoms with Crippen LogP contribution in [0.4, 0.5) is 0 Å². The van der Waals surface area contributed by atoms with Gasteiger partial charge >= 0.3 is 11.9 Å². The standard InChI is InChI=1S/C15H18N2O5/c1-5-20-15(19)13-9(3)12(10(4)16-13)14(18)21-7-11-6-8(2)22-17-11/h6,16H,5,7H2,1-4H3. The van der Waals surface area contributed by atoms with Crippen molar-refractivity contribution >= 4 is 11.9 Å². The van der Waals surface area contributed by atoms with E-state index < -0.39 is 11.9 Å². The number of aryl methyl sites for hydroxylation is 2. The van der Waals surface area contributed by atoms with Gasteiger partial charge in [0.25, 0.3) is 0 Å². The number of rotatable bonds is 5. The number of nitrogens with one attached hydrogen (secondary N) is 1. The van der Waals surface area contributed by atoms with Crippen molar-refractivity contribution in [2.45, 2.75) is 34.3 Å². The number of ether oxygens (including phenoxy) is 2. The van der Waals surface area contributed by atoms with Gasteiger partial charge in [0, 0.05) is 11.8 Å². The summed E-state index contributed by atoms with van der Waals surface area (Å²) in [5.74, 6) is -0.374. The van der Waals surface area contributed by atoms with E-state index >= 15 is 0 Å². The molecule has 2 rings (SSSR count). The Kier molecular flexibility index (Phi) is 4.65. The zero-order chi connectivity index (χ0) is 16.3. The van der Waals surface area contributed by atoms with Crippen LogP contribution >= 0.6 is 0 Å². The Hall–Kier alpha value is -2.57. The highest BCUT2D eigenvalue weighted by Crippen LogP contribution is 2.20. The van der Waals surface area contributed by atoms with Gasteiger partial charge in [-0.1, -0.05) is 5.16 Å². The molecule has 0 radical (unpaired) electrons. The minimum Gasteiger partial charge on any atom is -0.461 e. The smallest absolute Gasteiger partial charge is 0.355 e. The van der Waals surface area contributed by atoms with Crippen LogP contribution in [0, 0.1) is 20.8 Å². The average Bonchev–Trinajstić information content (AvgIpc) is 3.00. The minimum absolute atomic E-state index is 0.00890. The molecular formula is C15H18N2O5. The van der Waals surface area contributed by atoms with Crippen LogP contribution in [-0.2, 0) is 16.1 Å². The van der Waals surface area contributed by atoms with Crippen LogP contribution in [0.2, 0.25) is 0 Å². The first-order chi connectivity index (χ1) is 10.4. The second-order valence-corrected chi connectivity index (χ2v) is 4.85. The van der Waals surface area contributed by atoms with Crippen molar-refractivity contribution < 1.29 is 23.6 Å². The molecule has 2 aromatic rings. The summed E-state index contributed by atoms with van der Waals surface area (Å²) >= 11 is 0. The zero-order valence-electron chi connectivity index (χ0n) is 13.0. The highest BCUT2D eigenvalue weighted by atomic mass is 16.5. The summed E-state index contributed by atoms with van der Waals surface area (Å²) in [4.78, 5) is 26.9. The molecule has 118 valence electrons. The Morgan fingerprint density at radius 1 is 1.23 bits per heavy atom. The van der Waals surface area contributed by atoms with Gasteiger partial charge in [0.05, 0.1) is 12.2 Å². The molecule has 0 unspecified atom stereocenters. The van der Waals surface area contributed by atoms with Gasteiger partial charge in [-0.05, 0) is 33.3 Å². The summed E-state index contributed by atoms with van der Waals surface area (Å²) in [5.41, 5.74) is 2.20. The maximum Gasteiger partial charge on any atom is 0.355 e. The van der Waals surface area contributed by atoms with Gasteiger partial charge in [-0.3, -0.25) is 0 Å². The van der Waals surface area contributed by atoms with Crippen molar-refractivity contribution in [3.8, 4) is 0 Å². The second kappa shape index (κ2) is 6.46. The van der Waals surface area contributed by atoms with Crippen LogP contribution in [-0.4, -0.2) is 28.7 Å². The van der Waals surface area contributed by atoms with Crippen LogP contribution in [0.5, 0.6) is 0 Å². The fourth-order valence-electron chi connectivity index (χ4n) is 2.16. The number of carbonyl (C=O) groups is 2. The van der Waals surface area contributed by atoms with E-state index in [-0.39, 0.29) is 18.9 Å². The van der Waals surface area contributed by atoms with Crippen LogP contribution in [0.25, 0.3) is 0 Å². The fourth-order valence-corrected chi connectivity index (χ4v) is 2.16. The Balaban J connectivity index is 2.14. The third-order valence-electron chi connectivity index (χ3n) is 3.15. The lowest BCUT2D eigenvalue weighted by atomic mass is 10.1. The van der Waals surface area contributed by atoms with Crippen molar-refractivity contribution in [2.24, 2.45) is 0 Å². The summed E-state index contributed by atoms with van der Waals surface area (Å²) in [5, 5.41) is 3.75. The number of esters is 2. The summed E-state index contributed by atoms with van der Waals surface area (Å²) in [6.07, 6.45) is 0. The molecule has 7 nitrogen and oxygen atoms in total. The highest BCUT2D eigenvalue weighted by molar-refractivity contribution is 5.98. The van der Waals surface area contributed by atoms with Crippen LogP contribution < -0.4 is 0 Å².